The van der Waals surface area contributed by atoms with Crippen molar-refractivity contribution in [2.45, 2.75) is 13.4 Å². The summed E-state index contributed by atoms with van der Waals surface area (Å²) in [7, 11) is 2.47. The van der Waals surface area contributed by atoms with Crippen LogP contribution in [0.5, 0.6) is 11.5 Å². The summed E-state index contributed by atoms with van der Waals surface area (Å²) < 4.78 is 11.4. The first-order valence-corrected chi connectivity index (χ1v) is 7.92. The van der Waals surface area contributed by atoms with Gasteiger partial charge < -0.3 is 9.47 Å². The van der Waals surface area contributed by atoms with Crippen molar-refractivity contribution in [3.8, 4) is 11.5 Å². The molecule has 1 heterocycles. The molecule has 1 aromatic heterocycles. The van der Waals surface area contributed by atoms with Gasteiger partial charge in [-0.25, -0.2) is 0 Å². The lowest BCUT2D eigenvalue weighted by Gasteiger charge is -2.13. The van der Waals surface area contributed by atoms with Gasteiger partial charge in [-0.1, -0.05) is 48.8 Å². The third-order valence-electron chi connectivity index (χ3n) is 3.78. The van der Waals surface area contributed by atoms with Gasteiger partial charge in [0.05, 0.1) is 12.6 Å². The van der Waals surface area contributed by atoms with E-state index in [0.29, 0.717) is 18.1 Å². The molecule has 0 radical (unpaired) electrons. The minimum absolute atomic E-state index is 0.476. The number of hydrogen-bond acceptors (Lipinski definition) is 3. The van der Waals surface area contributed by atoms with Crippen LogP contribution in [0, 0.1) is 0 Å². The lowest BCUT2D eigenvalue weighted by Crippen LogP contribution is -2.13. The highest BCUT2D eigenvalue weighted by Gasteiger charge is 2.12. The number of rotatable bonds is 5. The van der Waals surface area contributed by atoms with E-state index in [1.807, 2.05) is 48.7 Å². The van der Waals surface area contributed by atoms with Crippen molar-refractivity contribution in [1.29, 1.82) is 0 Å². The summed E-state index contributed by atoms with van der Waals surface area (Å²) >= 11 is 6.46. The number of nitrogens with zero attached hydrogens (tertiary/aromatic N) is 1. The minimum Gasteiger partial charge on any atom is -0.493 e. The molecule has 0 atom stereocenters. The molecule has 0 aliphatic rings. The lowest BCUT2D eigenvalue weighted by atomic mass is 9.74. The maximum absolute atomic E-state index is 6.46. The van der Waals surface area contributed by atoms with E-state index in [-0.39, 0.29) is 0 Å². The summed E-state index contributed by atoms with van der Waals surface area (Å²) in [5, 5.41) is 1.61. The zero-order chi connectivity index (χ0) is 16.2. The van der Waals surface area contributed by atoms with Crippen LogP contribution in [0.4, 0.5) is 0 Å². The van der Waals surface area contributed by atoms with E-state index >= 15 is 0 Å². The molecule has 2 aromatic carbocycles. The third-order valence-corrected chi connectivity index (χ3v) is 4.22. The molecule has 3 aromatic rings. The lowest BCUT2D eigenvalue weighted by molar-refractivity contribution is 0.285. The minimum atomic E-state index is 0.476. The van der Waals surface area contributed by atoms with Gasteiger partial charge in [0.25, 0.3) is 0 Å². The molecule has 3 nitrogen and oxygen atoms in total. The number of methoxy groups -OCH3 is 1. The highest BCUT2D eigenvalue weighted by molar-refractivity contribution is 6.58. The van der Waals surface area contributed by atoms with Crippen molar-refractivity contribution in [2.24, 2.45) is 0 Å². The number of hydrogen-bond donors (Lipinski definition) is 0. The molecule has 5 heteroatoms. The van der Waals surface area contributed by atoms with Gasteiger partial charge in [0.15, 0.2) is 18.8 Å². The van der Waals surface area contributed by atoms with Crippen LogP contribution in [-0.2, 0) is 6.61 Å². The second-order valence-electron chi connectivity index (χ2n) is 5.25. The van der Waals surface area contributed by atoms with Crippen molar-refractivity contribution in [1.82, 2.24) is 4.98 Å². The van der Waals surface area contributed by atoms with Gasteiger partial charge in [0, 0.05) is 22.7 Å². The molecule has 0 aliphatic heterocycles. The number of aromatic nitrogens is 1. The van der Waals surface area contributed by atoms with Crippen LogP contribution in [0.3, 0.4) is 0 Å². The van der Waals surface area contributed by atoms with Crippen LogP contribution in [-0.4, -0.2) is 19.4 Å². The predicted octanol–water partition coefficient (Wildman–Crippen LogP) is 3.59. The van der Waals surface area contributed by atoms with E-state index in [1.165, 1.54) is 0 Å². The first-order valence-electron chi connectivity index (χ1n) is 7.54. The largest absolute Gasteiger partial charge is 0.493 e. The highest BCUT2D eigenvalue weighted by atomic mass is 35.5. The van der Waals surface area contributed by atoms with Gasteiger partial charge in [-0.15, -0.1) is 0 Å². The number of benzene rings is 2. The van der Waals surface area contributed by atoms with Crippen molar-refractivity contribution < 1.29 is 9.47 Å². The van der Waals surface area contributed by atoms with Gasteiger partial charge >= 0.3 is 0 Å². The molecular formula is C18H17BClNO2. The summed E-state index contributed by atoms with van der Waals surface area (Å²) in [5.41, 5.74) is 2.93. The molecule has 0 N–H and O–H groups in total. The Balaban J connectivity index is 1.97. The highest BCUT2D eigenvalue weighted by Crippen LogP contribution is 2.34. The Labute approximate surface area is 141 Å². The van der Waals surface area contributed by atoms with E-state index in [0.717, 1.165) is 34.2 Å². The zero-order valence-electron chi connectivity index (χ0n) is 13.2. The Hall–Kier alpha value is -2.20. The topological polar surface area (TPSA) is 31.4 Å². The van der Waals surface area contributed by atoms with Crippen LogP contribution in [0.25, 0.3) is 10.9 Å². The monoisotopic (exact) mass is 325 g/mol. The van der Waals surface area contributed by atoms with Crippen LogP contribution >= 0.6 is 11.6 Å². The number of ether oxygens (including phenoxy) is 2. The van der Waals surface area contributed by atoms with E-state index in [4.69, 9.17) is 21.1 Å². The molecule has 0 saturated carbocycles. The zero-order valence-corrected chi connectivity index (χ0v) is 13.9. The first-order chi connectivity index (χ1) is 11.2. The average molecular weight is 326 g/mol. The Kier molecular flexibility index (Phi) is 4.72. The van der Waals surface area contributed by atoms with Gasteiger partial charge in [-0.3, -0.25) is 4.98 Å². The summed E-state index contributed by atoms with van der Waals surface area (Å²) in [6, 6.07) is 13.8. The Morgan fingerprint density at radius 2 is 1.91 bits per heavy atom. The Morgan fingerprint density at radius 3 is 2.61 bits per heavy atom. The maximum Gasteiger partial charge on any atom is 0.163 e. The van der Waals surface area contributed by atoms with Gasteiger partial charge in [0.1, 0.15) is 6.61 Å². The smallest absolute Gasteiger partial charge is 0.163 e. The van der Waals surface area contributed by atoms with Crippen molar-refractivity contribution in [2.75, 3.05) is 7.11 Å². The number of pyridine rings is 1. The Morgan fingerprint density at radius 1 is 1.13 bits per heavy atom. The van der Waals surface area contributed by atoms with Crippen LogP contribution < -0.4 is 14.9 Å². The van der Waals surface area contributed by atoms with Crippen LogP contribution in [0.1, 0.15) is 5.56 Å². The molecule has 0 aliphatic carbocycles. The Bertz CT molecular complexity index is 824. The molecule has 0 saturated heterocycles. The molecule has 23 heavy (non-hydrogen) atoms. The molecule has 0 fully saturated rings. The van der Waals surface area contributed by atoms with E-state index in [1.54, 1.807) is 7.11 Å². The van der Waals surface area contributed by atoms with E-state index in [9.17, 15) is 0 Å². The summed E-state index contributed by atoms with van der Waals surface area (Å²) in [6.07, 6.45) is 1.82. The van der Waals surface area contributed by atoms with Gasteiger partial charge in [-0.2, -0.15) is 0 Å². The van der Waals surface area contributed by atoms with E-state index < -0.39 is 0 Å². The van der Waals surface area contributed by atoms with Crippen molar-refractivity contribution in [3.05, 3.63) is 59.2 Å². The SMILES string of the molecule is CBc1cnc2cc(OCc3ccccc3)c(OC)cc2c1Cl. The first kappa shape index (κ1) is 15.7. The predicted molar refractivity (Wildman–Crippen MR) is 96.7 cm³/mol. The third kappa shape index (κ3) is 3.27. The van der Waals surface area contributed by atoms with Crippen molar-refractivity contribution in [3.63, 3.8) is 0 Å². The molecule has 116 valence electrons. The summed E-state index contributed by atoms with van der Waals surface area (Å²) in [4.78, 5) is 4.48. The standard InChI is InChI=1S/C18H17BClNO2/c1-19-14-10-21-15-9-17(16(22-2)8-13(15)18(14)20)23-11-12-6-4-3-5-7-12/h3-10,19H,11H2,1-2H3. The van der Waals surface area contributed by atoms with Crippen LogP contribution in [0.15, 0.2) is 48.7 Å². The molecule has 0 bridgehead atoms. The molecular weight excluding hydrogens is 308 g/mol. The van der Waals surface area contributed by atoms with Gasteiger partial charge in [0.2, 0.25) is 0 Å². The molecule has 0 spiro atoms. The maximum atomic E-state index is 6.46. The summed E-state index contributed by atoms with van der Waals surface area (Å²) in [6.45, 7) is 2.53. The fourth-order valence-electron chi connectivity index (χ4n) is 2.46. The van der Waals surface area contributed by atoms with Crippen LogP contribution in [0.2, 0.25) is 11.8 Å². The van der Waals surface area contributed by atoms with E-state index in [2.05, 4.69) is 11.8 Å². The quantitative estimate of drug-likeness (QED) is 0.672. The second kappa shape index (κ2) is 6.92. The fourth-order valence-corrected chi connectivity index (χ4v) is 2.80. The van der Waals surface area contributed by atoms with Crippen molar-refractivity contribution >= 4 is 35.2 Å². The number of fused-ring (bicyclic) bond motifs is 1. The van der Waals surface area contributed by atoms with Gasteiger partial charge in [-0.05, 0) is 17.1 Å². The molecule has 0 amide bonds. The average Bonchev–Trinajstić information content (AvgIpc) is 2.60. The summed E-state index contributed by atoms with van der Waals surface area (Å²) in [5.74, 6) is 1.32. The normalized spacial score (nSPS) is 10.6. The molecule has 0 unspecified atom stereocenters. The second-order valence-corrected chi connectivity index (χ2v) is 5.62. The fraction of sp³-hybridized carbons (Fsp3) is 0.167. The molecule has 3 rings (SSSR count). The number of halogens is 1.